The van der Waals surface area contributed by atoms with Gasteiger partial charge in [0.2, 0.25) is 0 Å². The average molecular weight is 290 g/mol. The molecular weight excluding hydrogens is 270 g/mol. The van der Waals surface area contributed by atoms with Crippen LogP contribution in [0.3, 0.4) is 0 Å². The van der Waals surface area contributed by atoms with E-state index in [4.69, 9.17) is 5.84 Å². The van der Waals surface area contributed by atoms with Crippen LogP contribution in [0.4, 0.5) is 8.78 Å². The summed E-state index contributed by atoms with van der Waals surface area (Å²) >= 11 is 0. The summed E-state index contributed by atoms with van der Waals surface area (Å²) in [4.78, 5) is 0. The Balaban J connectivity index is 2.17. The Morgan fingerprint density at radius 1 is 1.00 bits per heavy atom. The molecule has 112 valence electrons. The van der Waals surface area contributed by atoms with Crippen molar-refractivity contribution in [2.75, 3.05) is 0 Å². The first-order valence-electron chi connectivity index (χ1n) is 6.95. The fourth-order valence-corrected chi connectivity index (χ4v) is 2.64. The number of aryl methyl sites for hydroxylation is 2. The predicted molar refractivity (Wildman–Crippen MR) is 80.8 cm³/mol. The van der Waals surface area contributed by atoms with Crippen LogP contribution >= 0.6 is 0 Å². The Labute approximate surface area is 124 Å². The highest BCUT2D eigenvalue weighted by molar-refractivity contribution is 5.29. The smallest absolute Gasteiger partial charge is 0.129 e. The number of hydrogen-bond acceptors (Lipinski definition) is 2. The van der Waals surface area contributed by atoms with Gasteiger partial charge in [-0.3, -0.25) is 11.3 Å². The molecule has 0 aromatic heterocycles. The third kappa shape index (κ3) is 4.09. The van der Waals surface area contributed by atoms with Gasteiger partial charge in [0, 0.05) is 11.6 Å². The Kier molecular flexibility index (Phi) is 5.04. The van der Waals surface area contributed by atoms with Crippen molar-refractivity contribution in [1.82, 2.24) is 5.43 Å². The number of halogens is 2. The molecule has 0 saturated heterocycles. The maximum Gasteiger partial charge on any atom is 0.129 e. The zero-order valence-corrected chi connectivity index (χ0v) is 12.3. The molecule has 2 aromatic carbocycles. The molecule has 21 heavy (non-hydrogen) atoms. The summed E-state index contributed by atoms with van der Waals surface area (Å²) in [5.41, 5.74) is 6.17. The van der Waals surface area contributed by atoms with Gasteiger partial charge in [0.05, 0.1) is 0 Å². The van der Waals surface area contributed by atoms with Gasteiger partial charge in [-0.05, 0) is 44.4 Å². The molecule has 1 atom stereocenters. The third-order valence-electron chi connectivity index (χ3n) is 3.51. The Hall–Kier alpha value is -1.78. The van der Waals surface area contributed by atoms with E-state index in [9.17, 15) is 8.78 Å². The lowest BCUT2D eigenvalue weighted by molar-refractivity contribution is 0.484. The molecule has 0 aliphatic rings. The molecule has 2 nitrogen and oxygen atoms in total. The van der Waals surface area contributed by atoms with E-state index in [1.807, 2.05) is 13.8 Å². The molecule has 0 aliphatic heterocycles. The largest absolute Gasteiger partial charge is 0.271 e. The third-order valence-corrected chi connectivity index (χ3v) is 3.51. The first-order valence-corrected chi connectivity index (χ1v) is 6.95. The van der Waals surface area contributed by atoms with Gasteiger partial charge in [0.25, 0.3) is 0 Å². The van der Waals surface area contributed by atoms with Crippen molar-refractivity contribution in [2.24, 2.45) is 5.84 Å². The molecule has 0 radical (unpaired) electrons. The molecule has 0 amide bonds. The minimum atomic E-state index is -0.532. The van der Waals surface area contributed by atoms with Gasteiger partial charge in [0.15, 0.2) is 0 Å². The molecule has 1 unspecified atom stereocenters. The fraction of sp³-hybridized carbons (Fsp3) is 0.294. The number of hydrazine groups is 1. The summed E-state index contributed by atoms with van der Waals surface area (Å²) in [5.74, 6) is 4.49. The van der Waals surface area contributed by atoms with Crippen LogP contribution in [0, 0.1) is 25.5 Å². The van der Waals surface area contributed by atoms with Gasteiger partial charge >= 0.3 is 0 Å². The molecule has 0 saturated carbocycles. The Morgan fingerprint density at radius 3 is 2.10 bits per heavy atom. The molecule has 0 fully saturated rings. The number of nitrogens with two attached hydrogens (primary N) is 1. The summed E-state index contributed by atoms with van der Waals surface area (Å²) in [6.45, 7) is 4.05. The number of hydrogen-bond donors (Lipinski definition) is 2. The van der Waals surface area contributed by atoms with Crippen molar-refractivity contribution in [3.8, 4) is 0 Å². The SMILES string of the molecule is Cc1cc(C)cc(CC(Cc2c(F)cccc2F)NN)c1. The van der Waals surface area contributed by atoms with Crippen LogP contribution < -0.4 is 11.3 Å². The Morgan fingerprint density at radius 2 is 1.57 bits per heavy atom. The summed E-state index contributed by atoms with van der Waals surface area (Å²) < 4.78 is 27.4. The van der Waals surface area contributed by atoms with E-state index in [1.165, 1.54) is 18.2 Å². The van der Waals surface area contributed by atoms with Crippen molar-refractivity contribution in [3.63, 3.8) is 0 Å². The van der Waals surface area contributed by atoms with Crippen LogP contribution in [0.2, 0.25) is 0 Å². The molecule has 0 heterocycles. The lowest BCUT2D eigenvalue weighted by Crippen LogP contribution is -2.38. The van der Waals surface area contributed by atoms with Crippen LogP contribution in [-0.4, -0.2) is 6.04 Å². The van der Waals surface area contributed by atoms with Gasteiger partial charge in [-0.15, -0.1) is 0 Å². The lowest BCUT2D eigenvalue weighted by Gasteiger charge is -2.17. The van der Waals surface area contributed by atoms with Gasteiger partial charge in [-0.2, -0.15) is 0 Å². The predicted octanol–water partition coefficient (Wildman–Crippen LogP) is 3.20. The molecule has 0 bridgehead atoms. The van der Waals surface area contributed by atoms with Crippen LogP contribution in [0.15, 0.2) is 36.4 Å². The van der Waals surface area contributed by atoms with Gasteiger partial charge in [-0.1, -0.05) is 35.4 Å². The highest BCUT2D eigenvalue weighted by Gasteiger charge is 2.15. The van der Waals surface area contributed by atoms with Crippen LogP contribution in [0.1, 0.15) is 22.3 Å². The zero-order valence-electron chi connectivity index (χ0n) is 12.3. The highest BCUT2D eigenvalue weighted by Crippen LogP contribution is 2.17. The summed E-state index contributed by atoms with van der Waals surface area (Å²) in [6.07, 6.45) is 0.828. The normalized spacial score (nSPS) is 12.4. The van der Waals surface area contributed by atoms with E-state index in [0.717, 1.165) is 16.7 Å². The molecule has 0 spiro atoms. The van der Waals surface area contributed by atoms with Gasteiger partial charge < -0.3 is 0 Å². The Bertz CT molecular complexity index is 586. The number of rotatable bonds is 5. The lowest BCUT2D eigenvalue weighted by atomic mass is 9.96. The molecule has 4 heteroatoms. The van der Waals surface area contributed by atoms with Crippen LogP contribution in [0.25, 0.3) is 0 Å². The van der Waals surface area contributed by atoms with Crippen molar-refractivity contribution in [3.05, 3.63) is 70.3 Å². The first kappa shape index (κ1) is 15.6. The standard InChI is InChI=1S/C17H20F2N2/c1-11-6-12(2)8-13(7-11)9-14(21-20)10-15-16(18)4-3-5-17(15)19/h3-8,14,21H,9-10,20H2,1-2H3. The van der Waals surface area contributed by atoms with E-state index in [-0.39, 0.29) is 18.0 Å². The van der Waals surface area contributed by atoms with Crippen LogP contribution in [-0.2, 0) is 12.8 Å². The number of benzene rings is 2. The minimum Gasteiger partial charge on any atom is -0.271 e. The molecular formula is C17H20F2N2. The van der Waals surface area contributed by atoms with E-state index >= 15 is 0 Å². The monoisotopic (exact) mass is 290 g/mol. The fourth-order valence-electron chi connectivity index (χ4n) is 2.64. The second kappa shape index (κ2) is 6.78. The topological polar surface area (TPSA) is 38.0 Å². The van der Waals surface area contributed by atoms with Gasteiger partial charge in [0.1, 0.15) is 11.6 Å². The van der Waals surface area contributed by atoms with Crippen molar-refractivity contribution in [1.29, 1.82) is 0 Å². The maximum atomic E-state index is 13.7. The maximum absolute atomic E-state index is 13.7. The minimum absolute atomic E-state index is 0.0739. The zero-order chi connectivity index (χ0) is 15.4. The van der Waals surface area contributed by atoms with E-state index in [2.05, 4.69) is 23.6 Å². The van der Waals surface area contributed by atoms with E-state index in [0.29, 0.717) is 6.42 Å². The molecule has 2 rings (SSSR count). The van der Waals surface area contributed by atoms with Crippen molar-refractivity contribution in [2.45, 2.75) is 32.7 Å². The average Bonchev–Trinajstić information content (AvgIpc) is 2.40. The van der Waals surface area contributed by atoms with E-state index < -0.39 is 11.6 Å². The first-order chi connectivity index (χ1) is 9.99. The molecule has 0 aliphatic carbocycles. The summed E-state index contributed by atoms with van der Waals surface area (Å²) in [5, 5.41) is 0. The molecule has 2 aromatic rings. The van der Waals surface area contributed by atoms with Gasteiger partial charge in [-0.25, -0.2) is 8.78 Å². The van der Waals surface area contributed by atoms with Crippen molar-refractivity contribution >= 4 is 0 Å². The second-order valence-electron chi connectivity index (χ2n) is 5.47. The summed E-state index contributed by atoms with van der Waals surface area (Å²) in [6, 6.07) is 9.89. The highest BCUT2D eigenvalue weighted by atomic mass is 19.1. The molecule has 3 N–H and O–H groups in total. The quantitative estimate of drug-likeness (QED) is 0.655. The van der Waals surface area contributed by atoms with E-state index in [1.54, 1.807) is 0 Å². The van der Waals surface area contributed by atoms with Crippen LogP contribution in [0.5, 0.6) is 0 Å². The number of nitrogens with one attached hydrogen (secondary N) is 1. The second-order valence-corrected chi connectivity index (χ2v) is 5.47. The van der Waals surface area contributed by atoms with Crippen molar-refractivity contribution < 1.29 is 8.78 Å². The summed E-state index contributed by atoms with van der Waals surface area (Å²) in [7, 11) is 0.